The fourth-order valence-corrected chi connectivity index (χ4v) is 13.8. The van der Waals surface area contributed by atoms with Crippen molar-refractivity contribution in [1.29, 1.82) is 0 Å². The van der Waals surface area contributed by atoms with E-state index < -0.39 is 220 Å². The zero-order valence-electron chi connectivity index (χ0n) is 58.7. The first-order chi connectivity index (χ1) is 43.8. The van der Waals surface area contributed by atoms with Gasteiger partial charge in [0.25, 0.3) is 0 Å². The van der Waals surface area contributed by atoms with Crippen molar-refractivity contribution in [2.75, 3.05) is 0 Å². The van der Waals surface area contributed by atoms with Gasteiger partial charge in [0.05, 0.1) is 48.2 Å². The molecule has 13 rings (SSSR count). The van der Waals surface area contributed by atoms with Crippen molar-refractivity contribution in [2.24, 2.45) is 0 Å². The molecule has 13 aromatic rings. The summed E-state index contributed by atoms with van der Waals surface area (Å²) in [7, 11) is -3.24. The first-order valence-corrected chi connectivity index (χ1v) is 23.5. The molecule has 69 heavy (non-hydrogen) atoms. The Bertz CT molecular complexity index is 5210. The maximum Gasteiger partial charge on any atom is 0.179 e. The molecule has 0 radical (unpaired) electrons. The predicted octanol–water partition coefficient (Wildman–Crippen LogP) is 12.9. The van der Waals surface area contributed by atoms with E-state index in [1.165, 1.54) is 0 Å². The summed E-state index contributed by atoms with van der Waals surface area (Å²) in [5.41, 5.74) is -5.19. The van der Waals surface area contributed by atoms with E-state index >= 15 is 0 Å². The fraction of sp³-hybridized carbons (Fsp3) is 0. The number of rotatable bonds is 9. The van der Waals surface area contributed by atoms with Gasteiger partial charge in [0.15, 0.2) is 25.5 Å². The zero-order valence-corrected chi connectivity index (χ0v) is 36.7. The Morgan fingerprint density at radius 3 is 1.51 bits per heavy atom. The summed E-state index contributed by atoms with van der Waals surface area (Å²) in [4.78, 5) is 14.5. The third-order valence-electron chi connectivity index (χ3n) is 12.0. The van der Waals surface area contributed by atoms with Gasteiger partial charge in [-0.15, -0.1) is 0 Å². The summed E-state index contributed by atoms with van der Waals surface area (Å²) >= 11 is 0. The lowest BCUT2D eigenvalue weighted by atomic mass is 10.00. The van der Waals surface area contributed by atoms with Crippen LogP contribution in [0, 0.1) is 0 Å². The number of fused-ring (bicyclic) bond motifs is 6. The monoisotopic (exact) mass is 921 g/mol. The largest absolute Gasteiger partial charge is 0.455 e. The lowest BCUT2D eigenvalue weighted by Gasteiger charge is -2.34. The molecule has 3 heterocycles. The molecule has 0 amide bonds. The van der Waals surface area contributed by atoms with E-state index in [4.69, 9.17) is 38.6 Å². The molecule has 0 fully saturated rings. The number of para-hydroxylation sites is 5. The Morgan fingerprint density at radius 1 is 0.377 bits per heavy atom. The molecule has 0 saturated carbocycles. The van der Waals surface area contributed by atoms with Gasteiger partial charge < -0.3 is 8.98 Å². The van der Waals surface area contributed by atoms with E-state index in [0.717, 1.165) is 25.3 Å². The van der Waals surface area contributed by atoms with Crippen LogP contribution in [-0.4, -0.2) is 27.6 Å². The topological polar surface area (TPSA) is 56.7 Å². The Morgan fingerprint density at radius 2 is 0.855 bits per heavy atom. The quantitative estimate of drug-likeness (QED) is 0.107. The molecular weight excluding hydrogens is 857 g/mol. The van der Waals surface area contributed by atoms with Crippen molar-refractivity contribution in [2.45, 2.75) is 0 Å². The van der Waals surface area contributed by atoms with Crippen LogP contribution < -0.4 is 20.7 Å². The molecule has 3 aromatic heterocycles. The summed E-state index contributed by atoms with van der Waals surface area (Å²) in [5.74, 6) is -1.68. The standard InChI is InChI=1S/C63H42N4OSi/c1-4-22-46(23-5-1)69(47-24-6-2-7-25-47,48-26-8-3-9-27-48)49-40-38-43(39-41-49)61-64-62(45-21-18-20-44(42-45)50-32-19-33-54-53-30-13-17-37-59(53)68-60(50)54)66-63(65-61)55-31-12-16-36-58(55)67-56-34-14-10-28-51(56)52-29-11-15-35-57(52)67/h1-42H/i10D,11D,12D,13D,14D,15D,16D,17D,18D,19D,20D,21D,28D,29D,30D,31D,32D,33D,34D,35D,36D,37D,42D. The van der Waals surface area contributed by atoms with Gasteiger partial charge in [0, 0.05) is 43.8 Å². The highest BCUT2D eigenvalue weighted by atomic mass is 28.3. The van der Waals surface area contributed by atoms with Crippen LogP contribution >= 0.6 is 0 Å². The van der Waals surface area contributed by atoms with Crippen LogP contribution in [0.15, 0.2) is 259 Å². The van der Waals surface area contributed by atoms with Crippen molar-refractivity contribution >= 4 is 72.6 Å². The zero-order chi connectivity index (χ0) is 65.7. The summed E-state index contributed by atoms with van der Waals surface area (Å²) < 4.78 is 217. The lowest BCUT2D eigenvalue weighted by Crippen LogP contribution is -2.74. The van der Waals surface area contributed by atoms with Gasteiger partial charge in [-0.05, 0) is 62.6 Å². The highest BCUT2D eigenvalue weighted by molar-refractivity contribution is 7.19. The van der Waals surface area contributed by atoms with Crippen molar-refractivity contribution in [3.05, 3.63) is 254 Å². The minimum absolute atomic E-state index is 0.182. The van der Waals surface area contributed by atoms with E-state index in [2.05, 4.69) is 36.4 Å². The van der Waals surface area contributed by atoms with E-state index in [1.54, 1.807) is 12.1 Å². The second kappa shape index (κ2) is 16.7. The minimum Gasteiger partial charge on any atom is -0.455 e. The third-order valence-corrected chi connectivity index (χ3v) is 16.8. The minimum atomic E-state index is -3.24. The Balaban J connectivity index is 1.17. The molecule has 0 aliphatic carbocycles. The number of hydrogen-bond donors (Lipinski definition) is 0. The van der Waals surface area contributed by atoms with Crippen LogP contribution in [0.5, 0.6) is 0 Å². The number of aromatic nitrogens is 4. The molecule has 0 saturated heterocycles. The molecular formula is C63H42N4OSi. The smallest absolute Gasteiger partial charge is 0.179 e. The van der Waals surface area contributed by atoms with Gasteiger partial charge in [0.2, 0.25) is 0 Å². The molecule has 6 heteroatoms. The van der Waals surface area contributed by atoms with Crippen molar-refractivity contribution in [1.82, 2.24) is 19.5 Å². The molecule has 0 N–H and O–H groups in total. The molecule has 0 spiro atoms. The molecule has 0 unspecified atom stereocenters. The average molecular weight is 922 g/mol. The molecule has 0 atom stereocenters. The van der Waals surface area contributed by atoms with E-state index in [1.807, 2.05) is 66.7 Å². The van der Waals surface area contributed by atoms with Crippen LogP contribution in [-0.2, 0) is 0 Å². The molecule has 0 aliphatic heterocycles. The number of benzene rings is 10. The fourth-order valence-electron chi connectivity index (χ4n) is 9.03. The normalized spacial score (nSPS) is 16.4. The van der Waals surface area contributed by atoms with Crippen molar-refractivity contribution in [3.63, 3.8) is 0 Å². The Hall–Kier alpha value is -8.97. The Labute approximate surface area is 432 Å². The second-order valence-electron chi connectivity index (χ2n) is 15.7. The van der Waals surface area contributed by atoms with Gasteiger partial charge in [-0.1, -0.05) is 218 Å². The molecule has 10 aromatic carbocycles. The van der Waals surface area contributed by atoms with Crippen LogP contribution in [0.25, 0.3) is 94.7 Å². The average Bonchev–Trinajstić information content (AvgIpc) is 1.49. The SMILES string of the molecule is [2H]c1c([2H])c(-c2nc(-c3ccc([Si](c4ccccc4)(c4ccccc4)c4ccccc4)cc3)nc(-c3c([2H])c([2H])c([2H])c([2H])c3-n3c4c([2H])c([2H])c([2H])c([2H])c4c4c([2H])c([2H])c([2H])c([2H])c43)n2)c([2H])c(-c2c([2H])c([2H])c([2H])c3c2oc2c([2H])c([2H])c([2H])c([2H])c23)c1[2H]. The first kappa shape index (κ1) is 23.2. The van der Waals surface area contributed by atoms with Gasteiger partial charge in [0.1, 0.15) is 11.2 Å². The van der Waals surface area contributed by atoms with Crippen LogP contribution in [0.1, 0.15) is 31.5 Å². The number of nitrogens with zero attached hydrogens (tertiary/aromatic N) is 4. The van der Waals surface area contributed by atoms with Gasteiger partial charge in [-0.3, -0.25) is 0 Å². The van der Waals surface area contributed by atoms with Crippen LogP contribution in [0.3, 0.4) is 0 Å². The van der Waals surface area contributed by atoms with E-state index in [-0.39, 0.29) is 22.2 Å². The van der Waals surface area contributed by atoms with Crippen molar-refractivity contribution in [3.8, 4) is 51.0 Å². The van der Waals surface area contributed by atoms with Crippen LogP contribution in [0.4, 0.5) is 0 Å². The first-order valence-electron chi connectivity index (χ1n) is 33.0. The molecule has 0 aliphatic rings. The Kier molecular flexibility index (Phi) is 5.61. The van der Waals surface area contributed by atoms with Crippen LogP contribution in [0.2, 0.25) is 0 Å². The summed E-state index contributed by atoms with van der Waals surface area (Å²) in [5, 5.41) is 2.30. The van der Waals surface area contributed by atoms with E-state index in [0.29, 0.717) is 0 Å². The highest BCUT2D eigenvalue weighted by Crippen LogP contribution is 2.39. The maximum absolute atomic E-state index is 10.1. The third kappa shape index (κ3) is 6.72. The highest BCUT2D eigenvalue weighted by Gasteiger charge is 2.41. The number of hydrogen-bond acceptors (Lipinski definition) is 4. The molecule has 5 nitrogen and oxygen atoms in total. The molecule has 324 valence electrons. The second-order valence-corrected chi connectivity index (χ2v) is 19.6. The van der Waals surface area contributed by atoms with Gasteiger partial charge >= 0.3 is 0 Å². The summed E-state index contributed by atoms with van der Waals surface area (Å²) in [6.45, 7) is 0. The maximum atomic E-state index is 10.1. The van der Waals surface area contributed by atoms with E-state index in [9.17, 15) is 12.3 Å². The van der Waals surface area contributed by atoms with Gasteiger partial charge in [-0.2, -0.15) is 0 Å². The summed E-state index contributed by atoms with van der Waals surface area (Å²) in [6.07, 6.45) is 0. The van der Waals surface area contributed by atoms with Gasteiger partial charge in [-0.25, -0.2) is 15.0 Å². The number of furan rings is 1. The molecule has 0 bridgehead atoms. The predicted molar refractivity (Wildman–Crippen MR) is 287 cm³/mol. The summed E-state index contributed by atoms with van der Waals surface area (Å²) in [6, 6.07) is 18.1. The lowest BCUT2D eigenvalue weighted by molar-refractivity contribution is 0.670. The van der Waals surface area contributed by atoms with Crippen molar-refractivity contribution < 1.29 is 35.9 Å².